The van der Waals surface area contributed by atoms with E-state index in [4.69, 9.17) is 5.11 Å². The monoisotopic (exact) mass is 260 g/mol. The van der Waals surface area contributed by atoms with Crippen molar-refractivity contribution >= 4 is 17.7 Å². The standard InChI is InChI=1S/C12H24N2O2S/c15-9-3-1-2-6-14-12(16)10-17-11-4-7-13-8-5-11/h11,13,15H,1-10H2,(H,14,16). The molecule has 0 aromatic carbocycles. The molecule has 17 heavy (non-hydrogen) atoms. The molecule has 0 saturated carbocycles. The van der Waals surface area contributed by atoms with E-state index in [0.717, 1.165) is 38.9 Å². The highest BCUT2D eigenvalue weighted by Gasteiger charge is 2.14. The molecule has 0 unspecified atom stereocenters. The van der Waals surface area contributed by atoms with Crippen molar-refractivity contribution in [3.05, 3.63) is 0 Å². The molecule has 1 saturated heterocycles. The van der Waals surface area contributed by atoms with Crippen LogP contribution in [-0.4, -0.2) is 48.3 Å². The summed E-state index contributed by atoms with van der Waals surface area (Å²) < 4.78 is 0. The number of hydrogen-bond acceptors (Lipinski definition) is 4. The largest absolute Gasteiger partial charge is 0.396 e. The molecular weight excluding hydrogens is 236 g/mol. The van der Waals surface area contributed by atoms with Crippen molar-refractivity contribution in [1.29, 1.82) is 0 Å². The second kappa shape index (κ2) is 9.74. The Morgan fingerprint density at radius 1 is 1.29 bits per heavy atom. The lowest BCUT2D eigenvalue weighted by molar-refractivity contribution is -0.118. The highest BCUT2D eigenvalue weighted by Crippen LogP contribution is 2.19. The molecule has 3 N–H and O–H groups in total. The number of unbranched alkanes of at least 4 members (excludes halogenated alkanes) is 2. The zero-order valence-corrected chi connectivity index (χ0v) is 11.2. The van der Waals surface area contributed by atoms with Gasteiger partial charge in [-0.1, -0.05) is 0 Å². The summed E-state index contributed by atoms with van der Waals surface area (Å²) >= 11 is 1.78. The van der Waals surface area contributed by atoms with Crippen LogP contribution in [0.25, 0.3) is 0 Å². The summed E-state index contributed by atoms with van der Waals surface area (Å²) in [6, 6.07) is 0. The molecule has 0 radical (unpaired) electrons. The number of rotatable bonds is 8. The molecule has 4 nitrogen and oxygen atoms in total. The molecule has 0 atom stereocenters. The average Bonchev–Trinajstić information content (AvgIpc) is 2.37. The van der Waals surface area contributed by atoms with Gasteiger partial charge in [0.25, 0.3) is 0 Å². The molecule has 5 heteroatoms. The molecule has 0 aliphatic carbocycles. The number of thioether (sulfide) groups is 1. The van der Waals surface area contributed by atoms with Crippen molar-refractivity contribution in [2.24, 2.45) is 0 Å². The Morgan fingerprint density at radius 2 is 2.06 bits per heavy atom. The van der Waals surface area contributed by atoms with Gasteiger partial charge in [-0.15, -0.1) is 11.8 Å². The first-order valence-corrected chi connectivity index (χ1v) is 7.57. The maximum Gasteiger partial charge on any atom is 0.230 e. The highest BCUT2D eigenvalue weighted by atomic mass is 32.2. The number of nitrogens with one attached hydrogen (secondary N) is 2. The van der Waals surface area contributed by atoms with E-state index in [-0.39, 0.29) is 12.5 Å². The topological polar surface area (TPSA) is 61.4 Å². The summed E-state index contributed by atoms with van der Waals surface area (Å²) in [5, 5.41) is 15.5. The van der Waals surface area contributed by atoms with Crippen molar-refractivity contribution in [3.63, 3.8) is 0 Å². The van der Waals surface area contributed by atoms with Gasteiger partial charge in [-0.05, 0) is 45.2 Å². The molecule has 100 valence electrons. The van der Waals surface area contributed by atoms with Crippen LogP contribution in [0.3, 0.4) is 0 Å². The van der Waals surface area contributed by atoms with Gasteiger partial charge < -0.3 is 15.7 Å². The summed E-state index contributed by atoms with van der Waals surface area (Å²) in [4.78, 5) is 11.5. The lowest BCUT2D eigenvalue weighted by atomic mass is 10.2. The Balaban J connectivity index is 1.93. The molecule has 1 heterocycles. The fraction of sp³-hybridized carbons (Fsp3) is 0.917. The van der Waals surface area contributed by atoms with Crippen molar-refractivity contribution in [1.82, 2.24) is 10.6 Å². The van der Waals surface area contributed by atoms with Gasteiger partial charge in [0.1, 0.15) is 0 Å². The molecule has 1 fully saturated rings. The molecule has 0 aromatic heterocycles. The van der Waals surface area contributed by atoms with Crippen LogP contribution < -0.4 is 10.6 Å². The zero-order chi connectivity index (χ0) is 12.3. The second-order valence-electron chi connectivity index (χ2n) is 4.39. The summed E-state index contributed by atoms with van der Waals surface area (Å²) in [5.41, 5.74) is 0. The van der Waals surface area contributed by atoms with E-state index < -0.39 is 0 Å². The van der Waals surface area contributed by atoms with Crippen LogP contribution in [0, 0.1) is 0 Å². The van der Waals surface area contributed by atoms with Gasteiger partial charge >= 0.3 is 0 Å². The van der Waals surface area contributed by atoms with E-state index in [1.54, 1.807) is 11.8 Å². The minimum absolute atomic E-state index is 0.150. The Kier molecular flexibility index (Phi) is 8.48. The Morgan fingerprint density at radius 3 is 2.76 bits per heavy atom. The summed E-state index contributed by atoms with van der Waals surface area (Å²) in [6.07, 6.45) is 5.13. The van der Waals surface area contributed by atoms with Crippen molar-refractivity contribution in [3.8, 4) is 0 Å². The third kappa shape index (κ3) is 7.63. The lowest BCUT2D eigenvalue weighted by Gasteiger charge is -2.21. The molecule has 1 aliphatic heterocycles. The van der Waals surface area contributed by atoms with Crippen molar-refractivity contribution in [2.75, 3.05) is 32.0 Å². The molecule has 1 rings (SSSR count). The van der Waals surface area contributed by atoms with Crippen LogP contribution in [0.4, 0.5) is 0 Å². The van der Waals surface area contributed by atoms with Crippen LogP contribution in [0.1, 0.15) is 32.1 Å². The number of aliphatic hydroxyl groups excluding tert-OH is 1. The van der Waals surface area contributed by atoms with Gasteiger partial charge in [0.15, 0.2) is 0 Å². The van der Waals surface area contributed by atoms with Gasteiger partial charge in [0, 0.05) is 18.4 Å². The first-order chi connectivity index (χ1) is 8.33. The predicted molar refractivity (Wildman–Crippen MR) is 72.3 cm³/mol. The molecule has 0 spiro atoms. The Bertz CT molecular complexity index is 209. The second-order valence-corrected chi connectivity index (χ2v) is 5.68. The van der Waals surface area contributed by atoms with E-state index in [1.165, 1.54) is 12.8 Å². The predicted octanol–water partition coefficient (Wildman–Crippen LogP) is 0.750. The number of hydrogen-bond donors (Lipinski definition) is 3. The van der Waals surface area contributed by atoms with E-state index >= 15 is 0 Å². The minimum Gasteiger partial charge on any atom is -0.396 e. The smallest absolute Gasteiger partial charge is 0.230 e. The van der Waals surface area contributed by atoms with E-state index in [0.29, 0.717) is 11.0 Å². The maximum absolute atomic E-state index is 11.5. The number of amides is 1. The van der Waals surface area contributed by atoms with Gasteiger partial charge in [-0.3, -0.25) is 4.79 Å². The number of carbonyl (C=O) groups is 1. The SMILES string of the molecule is O=C(CSC1CCNCC1)NCCCCCO. The van der Waals surface area contributed by atoms with Gasteiger partial charge in [0.05, 0.1) is 5.75 Å². The van der Waals surface area contributed by atoms with Crippen molar-refractivity contribution < 1.29 is 9.90 Å². The first-order valence-electron chi connectivity index (χ1n) is 6.53. The summed E-state index contributed by atoms with van der Waals surface area (Å²) in [5.74, 6) is 0.738. The van der Waals surface area contributed by atoms with Crippen LogP contribution >= 0.6 is 11.8 Å². The fourth-order valence-corrected chi connectivity index (χ4v) is 2.91. The molecule has 1 aliphatic rings. The fourth-order valence-electron chi connectivity index (χ4n) is 1.85. The van der Waals surface area contributed by atoms with Crippen LogP contribution in [0.5, 0.6) is 0 Å². The van der Waals surface area contributed by atoms with Gasteiger partial charge in [-0.2, -0.15) is 0 Å². The van der Waals surface area contributed by atoms with Gasteiger partial charge in [-0.25, -0.2) is 0 Å². The first kappa shape index (κ1) is 14.8. The van der Waals surface area contributed by atoms with E-state index in [2.05, 4.69) is 10.6 Å². The lowest BCUT2D eigenvalue weighted by Crippen LogP contribution is -2.31. The van der Waals surface area contributed by atoms with Crippen molar-refractivity contribution in [2.45, 2.75) is 37.4 Å². The van der Waals surface area contributed by atoms with Crippen LogP contribution in [0.2, 0.25) is 0 Å². The normalized spacial score (nSPS) is 17.0. The van der Waals surface area contributed by atoms with Gasteiger partial charge in [0.2, 0.25) is 5.91 Å². The molecule has 0 bridgehead atoms. The third-order valence-electron chi connectivity index (χ3n) is 2.89. The number of piperidine rings is 1. The molecular formula is C12H24N2O2S. The summed E-state index contributed by atoms with van der Waals surface area (Å²) in [7, 11) is 0. The van der Waals surface area contributed by atoms with E-state index in [9.17, 15) is 4.79 Å². The van der Waals surface area contributed by atoms with E-state index in [1.807, 2.05) is 0 Å². The Labute approximate surface area is 108 Å². The van der Waals surface area contributed by atoms with Crippen LogP contribution in [0.15, 0.2) is 0 Å². The minimum atomic E-state index is 0.150. The third-order valence-corrected chi connectivity index (χ3v) is 4.27. The van der Waals surface area contributed by atoms with Crippen LogP contribution in [-0.2, 0) is 4.79 Å². The zero-order valence-electron chi connectivity index (χ0n) is 10.4. The quantitative estimate of drug-likeness (QED) is 0.564. The number of aliphatic hydroxyl groups is 1. The maximum atomic E-state index is 11.5. The average molecular weight is 260 g/mol. The summed E-state index contributed by atoms with van der Waals surface area (Å²) in [6.45, 7) is 3.16. The Hall–Kier alpha value is -0.260. The molecule has 1 amide bonds. The highest BCUT2D eigenvalue weighted by molar-refractivity contribution is 8.00. The number of carbonyl (C=O) groups excluding carboxylic acids is 1. The molecule has 0 aromatic rings.